The first-order chi connectivity index (χ1) is 7.64. The molecule has 0 bridgehead atoms. The van der Waals surface area contributed by atoms with Gasteiger partial charge in [0.2, 0.25) is 0 Å². The van der Waals surface area contributed by atoms with Crippen LogP contribution in [0.3, 0.4) is 0 Å². The van der Waals surface area contributed by atoms with E-state index in [1.54, 1.807) is 7.11 Å². The van der Waals surface area contributed by atoms with Gasteiger partial charge in [-0.2, -0.15) is 0 Å². The van der Waals surface area contributed by atoms with E-state index < -0.39 is 0 Å². The topological polar surface area (TPSA) is 21.3 Å². The molecule has 0 aromatic heterocycles. The molecule has 1 aromatic carbocycles. The number of aryl methyl sites for hydroxylation is 1. The summed E-state index contributed by atoms with van der Waals surface area (Å²) in [5.74, 6) is 0.626. The largest absolute Gasteiger partial charge is 0.383 e. The highest BCUT2D eigenvalue weighted by molar-refractivity contribution is 5.31. The molecule has 0 amide bonds. The molecule has 88 valence electrons. The van der Waals surface area contributed by atoms with Crippen molar-refractivity contribution in [3.63, 3.8) is 0 Å². The Labute approximate surface area is 98.0 Å². The molecule has 0 spiro atoms. The first kappa shape index (κ1) is 11.6. The van der Waals surface area contributed by atoms with Crippen LogP contribution >= 0.6 is 0 Å². The summed E-state index contributed by atoms with van der Waals surface area (Å²) in [7, 11) is 1.77. The number of nitrogens with one attached hydrogen (secondary N) is 1. The van der Waals surface area contributed by atoms with Crippen molar-refractivity contribution in [1.82, 2.24) is 5.32 Å². The lowest BCUT2D eigenvalue weighted by Crippen LogP contribution is -2.40. The van der Waals surface area contributed by atoms with E-state index in [1.165, 1.54) is 11.1 Å². The van der Waals surface area contributed by atoms with Gasteiger partial charge < -0.3 is 10.1 Å². The smallest absolute Gasteiger partial charge is 0.0642 e. The average Bonchev–Trinajstić information content (AvgIpc) is 2.62. The van der Waals surface area contributed by atoms with Crippen LogP contribution in [0.15, 0.2) is 24.3 Å². The van der Waals surface area contributed by atoms with Crippen LogP contribution in [0.25, 0.3) is 0 Å². The Hall–Kier alpha value is -0.860. The summed E-state index contributed by atoms with van der Waals surface area (Å²) in [6.45, 7) is 6.29. The van der Waals surface area contributed by atoms with E-state index in [-0.39, 0.29) is 5.54 Å². The molecule has 1 aliphatic rings. The van der Waals surface area contributed by atoms with Crippen LogP contribution in [0.2, 0.25) is 0 Å². The third kappa shape index (κ3) is 2.28. The highest BCUT2D eigenvalue weighted by atomic mass is 16.5. The second-order valence-corrected chi connectivity index (χ2v) is 5.13. The van der Waals surface area contributed by atoms with Gasteiger partial charge in [0.05, 0.1) is 6.61 Å². The van der Waals surface area contributed by atoms with E-state index >= 15 is 0 Å². The molecule has 0 radical (unpaired) electrons. The molecule has 0 aliphatic carbocycles. The normalized spacial score (nSPS) is 29.6. The van der Waals surface area contributed by atoms with E-state index in [4.69, 9.17) is 4.74 Å². The molecular weight excluding hydrogens is 198 g/mol. The van der Waals surface area contributed by atoms with E-state index in [2.05, 4.69) is 43.4 Å². The summed E-state index contributed by atoms with van der Waals surface area (Å²) in [5, 5.41) is 3.58. The monoisotopic (exact) mass is 219 g/mol. The Morgan fingerprint density at radius 3 is 2.88 bits per heavy atom. The predicted molar refractivity (Wildman–Crippen MR) is 66.8 cm³/mol. The van der Waals surface area contributed by atoms with Crippen molar-refractivity contribution in [3.05, 3.63) is 35.4 Å². The van der Waals surface area contributed by atoms with Crippen LogP contribution in [0, 0.1) is 6.92 Å². The summed E-state index contributed by atoms with van der Waals surface area (Å²) >= 11 is 0. The zero-order chi connectivity index (χ0) is 11.6. The molecule has 1 aromatic rings. The summed E-state index contributed by atoms with van der Waals surface area (Å²) in [4.78, 5) is 0. The summed E-state index contributed by atoms with van der Waals surface area (Å²) in [6.07, 6.45) is 1.16. The highest BCUT2D eigenvalue weighted by Gasteiger charge is 2.35. The van der Waals surface area contributed by atoms with Crippen molar-refractivity contribution in [2.45, 2.75) is 31.7 Å². The maximum absolute atomic E-state index is 5.28. The van der Waals surface area contributed by atoms with Gasteiger partial charge in [-0.1, -0.05) is 24.3 Å². The molecule has 0 saturated carbocycles. The van der Waals surface area contributed by atoms with Gasteiger partial charge in [-0.25, -0.2) is 0 Å². The molecule has 1 fully saturated rings. The molecule has 1 heterocycles. The van der Waals surface area contributed by atoms with Crippen LogP contribution in [0.4, 0.5) is 0 Å². The van der Waals surface area contributed by atoms with E-state index in [9.17, 15) is 0 Å². The van der Waals surface area contributed by atoms with Gasteiger partial charge in [-0.3, -0.25) is 0 Å². The van der Waals surface area contributed by atoms with Crippen LogP contribution < -0.4 is 5.32 Å². The summed E-state index contributed by atoms with van der Waals surface area (Å²) in [6, 6.07) is 8.69. The zero-order valence-electron chi connectivity index (χ0n) is 10.4. The second kappa shape index (κ2) is 4.56. The minimum absolute atomic E-state index is 0.141. The highest BCUT2D eigenvalue weighted by Crippen LogP contribution is 2.33. The van der Waals surface area contributed by atoms with Gasteiger partial charge in [-0.05, 0) is 37.3 Å². The molecule has 16 heavy (non-hydrogen) atoms. The first-order valence-electron chi connectivity index (χ1n) is 5.94. The fourth-order valence-corrected chi connectivity index (χ4v) is 2.75. The number of ether oxygens (including phenoxy) is 1. The van der Waals surface area contributed by atoms with Gasteiger partial charge in [0.25, 0.3) is 0 Å². The number of hydrogen-bond donors (Lipinski definition) is 1. The molecule has 1 N–H and O–H groups in total. The van der Waals surface area contributed by atoms with Crippen molar-refractivity contribution in [1.29, 1.82) is 0 Å². The molecule has 2 nitrogen and oxygen atoms in total. The third-order valence-electron chi connectivity index (χ3n) is 3.56. The Morgan fingerprint density at radius 1 is 1.44 bits per heavy atom. The Bertz CT molecular complexity index is 364. The first-order valence-corrected chi connectivity index (χ1v) is 5.94. The quantitative estimate of drug-likeness (QED) is 0.843. The maximum atomic E-state index is 5.28. The van der Waals surface area contributed by atoms with Gasteiger partial charge in [0, 0.05) is 19.2 Å². The van der Waals surface area contributed by atoms with Gasteiger partial charge in [-0.15, -0.1) is 0 Å². The van der Waals surface area contributed by atoms with E-state index in [0.717, 1.165) is 19.6 Å². The van der Waals surface area contributed by atoms with Crippen molar-refractivity contribution in [2.24, 2.45) is 0 Å². The van der Waals surface area contributed by atoms with Gasteiger partial charge in [0.1, 0.15) is 0 Å². The third-order valence-corrected chi connectivity index (χ3v) is 3.56. The minimum Gasteiger partial charge on any atom is -0.383 e. The molecule has 2 rings (SSSR count). The van der Waals surface area contributed by atoms with Gasteiger partial charge in [0.15, 0.2) is 0 Å². The Balaban J connectivity index is 2.12. The number of hydrogen-bond acceptors (Lipinski definition) is 2. The number of methoxy groups -OCH3 is 1. The lowest BCUT2D eigenvalue weighted by atomic mass is 9.88. The molecule has 2 unspecified atom stereocenters. The van der Waals surface area contributed by atoms with Crippen LogP contribution in [0.5, 0.6) is 0 Å². The zero-order valence-corrected chi connectivity index (χ0v) is 10.4. The van der Waals surface area contributed by atoms with Crippen molar-refractivity contribution in [2.75, 3.05) is 20.3 Å². The molecule has 2 atom stereocenters. The standard InChI is InChI=1S/C14H21NO/c1-11-6-4-5-7-13(11)12-8-14(2,10-16-3)15-9-12/h4-7,12,15H,8-10H2,1-3H3. The summed E-state index contributed by atoms with van der Waals surface area (Å²) < 4.78 is 5.28. The maximum Gasteiger partial charge on any atom is 0.0642 e. The molecule has 1 saturated heterocycles. The van der Waals surface area contributed by atoms with Gasteiger partial charge >= 0.3 is 0 Å². The van der Waals surface area contributed by atoms with E-state index in [1.807, 2.05) is 0 Å². The Morgan fingerprint density at radius 2 is 2.19 bits per heavy atom. The minimum atomic E-state index is 0.141. The average molecular weight is 219 g/mol. The SMILES string of the molecule is COCC1(C)CC(c2ccccc2C)CN1. The lowest BCUT2D eigenvalue weighted by Gasteiger charge is -2.23. The molecule has 2 heteroatoms. The molecule has 1 aliphatic heterocycles. The van der Waals surface area contributed by atoms with E-state index in [0.29, 0.717) is 5.92 Å². The van der Waals surface area contributed by atoms with Crippen molar-refractivity contribution < 1.29 is 4.74 Å². The second-order valence-electron chi connectivity index (χ2n) is 5.13. The van der Waals surface area contributed by atoms with Crippen molar-refractivity contribution >= 4 is 0 Å². The lowest BCUT2D eigenvalue weighted by molar-refractivity contribution is 0.129. The predicted octanol–water partition coefficient (Wildman–Crippen LogP) is 2.48. The fraction of sp³-hybridized carbons (Fsp3) is 0.571. The van der Waals surface area contributed by atoms with Crippen LogP contribution in [-0.4, -0.2) is 25.8 Å². The van der Waals surface area contributed by atoms with Crippen LogP contribution in [-0.2, 0) is 4.74 Å². The number of benzene rings is 1. The molecular formula is C14H21NO. The Kier molecular flexibility index (Phi) is 3.31. The van der Waals surface area contributed by atoms with Crippen LogP contribution in [0.1, 0.15) is 30.4 Å². The number of rotatable bonds is 3. The summed E-state index contributed by atoms with van der Waals surface area (Å²) in [5.41, 5.74) is 3.02. The fourth-order valence-electron chi connectivity index (χ4n) is 2.75. The van der Waals surface area contributed by atoms with Crippen molar-refractivity contribution in [3.8, 4) is 0 Å².